The molecule has 0 spiro atoms. The molecule has 4 rings (SSSR count). The minimum Gasteiger partial charge on any atom is -0.372 e. The number of aryl methyl sites for hydroxylation is 1. The summed E-state index contributed by atoms with van der Waals surface area (Å²) in [5.41, 5.74) is 3.92. The van der Waals surface area contributed by atoms with E-state index in [9.17, 15) is 13.2 Å². The summed E-state index contributed by atoms with van der Waals surface area (Å²) in [4.78, 5) is 15.6. The SMILES string of the molecule is CCN(CC)c1ccc(NC(=O)CN(c2cccc(C)c2C)S(=O)(=O)c2cccc3ccccc23)cc1. The average molecular weight is 516 g/mol. The van der Waals surface area contributed by atoms with Crippen LogP contribution in [0.5, 0.6) is 0 Å². The van der Waals surface area contributed by atoms with Gasteiger partial charge in [0.25, 0.3) is 10.0 Å². The second kappa shape index (κ2) is 11.0. The van der Waals surface area contributed by atoms with Crippen molar-refractivity contribution < 1.29 is 13.2 Å². The summed E-state index contributed by atoms with van der Waals surface area (Å²) in [6.45, 7) is 9.42. The number of carbonyl (C=O) groups excluding carboxylic acids is 1. The Morgan fingerprint density at radius 1 is 0.811 bits per heavy atom. The molecule has 1 N–H and O–H groups in total. The molecule has 0 atom stereocenters. The number of fused-ring (bicyclic) bond motifs is 1. The fraction of sp³-hybridized carbons (Fsp3) is 0.233. The normalized spacial score (nSPS) is 11.4. The van der Waals surface area contributed by atoms with Crippen molar-refractivity contribution in [1.82, 2.24) is 0 Å². The summed E-state index contributed by atoms with van der Waals surface area (Å²) in [5.74, 6) is -0.416. The highest BCUT2D eigenvalue weighted by molar-refractivity contribution is 7.93. The molecular formula is C30H33N3O3S. The van der Waals surface area contributed by atoms with Crippen molar-refractivity contribution in [2.45, 2.75) is 32.6 Å². The van der Waals surface area contributed by atoms with Gasteiger partial charge < -0.3 is 10.2 Å². The van der Waals surface area contributed by atoms with Gasteiger partial charge in [-0.1, -0.05) is 48.5 Å². The largest absolute Gasteiger partial charge is 0.372 e. The fourth-order valence-electron chi connectivity index (χ4n) is 4.52. The number of hydrogen-bond acceptors (Lipinski definition) is 4. The molecule has 37 heavy (non-hydrogen) atoms. The number of amides is 1. The standard InChI is InChI=1S/C30H33N3O3S/c1-5-32(6-2)26-19-17-25(18-20-26)31-30(34)21-33(28-15-9-11-22(3)23(28)4)37(35,36)29-16-10-13-24-12-7-8-14-27(24)29/h7-20H,5-6,21H2,1-4H3,(H,31,34). The summed E-state index contributed by atoms with van der Waals surface area (Å²) in [6, 6.07) is 25.7. The van der Waals surface area contributed by atoms with Gasteiger partial charge in [-0.2, -0.15) is 0 Å². The van der Waals surface area contributed by atoms with Crippen molar-refractivity contribution in [3.63, 3.8) is 0 Å². The first-order valence-corrected chi connectivity index (χ1v) is 13.9. The van der Waals surface area contributed by atoms with Crippen LogP contribution in [0.1, 0.15) is 25.0 Å². The molecule has 0 aliphatic carbocycles. The van der Waals surface area contributed by atoms with Gasteiger partial charge in [0.2, 0.25) is 5.91 Å². The van der Waals surface area contributed by atoms with E-state index in [-0.39, 0.29) is 11.4 Å². The predicted molar refractivity (Wildman–Crippen MR) is 153 cm³/mol. The van der Waals surface area contributed by atoms with Gasteiger partial charge in [-0.05, 0) is 80.6 Å². The van der Waals surface area contributed by atoms with Gasteiger partial charge in [0.1, 0.15) is 6.54 Å². The Hall–Kier alpha value is -3.84. The molecule has 0 aromatic heterocycles. The van der Waals surface area contributed by atoms with Crippen LogP contribution < -0.4 is 14.5 Å². The van der Waals surface area contributed by atoms with Crippen LogP contribution in [0.4, 0.5) is 17.1 Å². The van der Waals surface area contributed by atoms with Gasteiger partial charge in [-0.15, -0.1) is 0 Å². The van der Waals surface area contributed by atoms with E-state index in [1.807, 2.05) is 74.5 Å². The van der Waals surface area contributed by atoms with E-state index in [4.69, 9.17) is 0 Å². The van der Waals surface area contributed by atoms with Crippen molar-refractivity contribution in [3.8, 4) is 0 Å². The molecule has 192 valence electrons. The van der Waals surface area contributed by atoms with Crippen molar-refractivity contribution in [2.75, 3.05) is 34.2 Å². The lowest BCUT2D eigenvalue weighted by molar-refractivity contribution is -0.114. The molecule has 6 nitrogen and oxygen atoms in total. The predicted octanol–water partition coefficient (Wildman–Crippen LogP) is 6.14. The zero-order chi connectivity index (χ0) is 26.6. The summed E-state index contributed by atoms with van der Waals surface area (Å²) < 4.78 is 29.5. The highest BCUT2D eigenvalue weighted by Gasteiger charge is 2.30. The van der Waals surface area contributed by atoms with E-state index in [0.29, 0.717) is 16.8 Å². The number of anilines is 3. The summed E-state index contributed by atoms with van der Waals surface area (Å²) in [5, 5.41) is 4.32. The van der Waals surface area contributed by atoms with E-state index in [1.54, 1.807) is 24.3 Å². The Balaban J connectivity index is 1.70. The monoisotopic (exact) mass is 515 g/mol. The first-order valence-electron chi connectivity index (χ1n) is 12.5. The van der Waals surface area contributed by atoms with Gasteiger partial charge in [-0.25, -0.2) is 8.42 Å². The summed E-state index contributed by atoms with van der Waals surface area (Å²) in [7, 11) is -4.07. The number of nitrogens with one attached hydrogen (secondary N) is 1. The molecule has 4 aromatic rings. The van der Waals surface area contributed by atoms with Gasteiger partial charge in [0, 0.05) is 29.9 Å². The Labute approximate surface area is 219 Å². The maximum absolute atomic E-state index is 14.1. The van der Waals surface area contributed by atoms with Crippen LogP contribution in [0.3, 0.4) is 0 Å². The van der Waals surface area contributed by atoms with Crippen LogP contribution in [-0.2, 0) is 14.8 Å². The Kier molecular flexibility index (Phi) is 7.83. The topological polar surface area (TPSA) is 69.7 Å². The zero-order valence-electron chi connectivity index (χ0n) is 21.7. The lowest BCUT2D eigenvalue weighted by Crippen LogP contribution is -2.38. The quantitative estimate of drug-likeness (QED) is 0.291. The fourth-order valence-corrected chi connectivity index (χ4v) is 6.22. The van der Waals surface area contributed by atoms with Crippen LogP contribution >= 0.6 is 0 Å². The van der Waals surface area contributed by atoms with Crippen molar-refractivity contribution in [1.29, 1.82) is 0 Å². The lowest BCUT2D eigenvalue weighted by Gasteiger charge is -2.27. The van der Waals surface area contributed by atoms with Gasteiger partial charge in [0.15, 0.2) is 0 Å². The van der Waals surface area contributed by atoms with E-state index < -0.39 is 15.9 Å². The third-order valence-corrected chi connectivity index (χ3v) is 8.55. The second-order valence-corrected chi connectivity index (χ2v) is 10.8. The minimum atomic E-state index is -4.07. The maximum atomic E-state index is 14.1. The van der Waals surface area contributed by atoms with Gasteiger partial charge >= 0.3 is 0 Å². The second-order valence-electron chi connectivity index (χ2n) is 8.98. The number of hydrogen-bond donors (Lipinski definition) is 1. The molecule has 4 aromatic carbocycles. The molecule has 0 aliphatic heterocycles. The molecule has 0 radical (unpaired) electrons. The Morgan fingerprint density at radius 3 is 2.16 bits per heavy atom. The zero-order valence-corrected chi connectivity index (χ0v) is 22.5. The number of benzene rings is 4. The molecule has 7 heteroatoms. The number of sulfonamides is 1. The molecule has 1 amide bonds. The number of carbonyl (C=O) groups is 1. The van der Waals surface area contributed by atoms with Crippen molar-refractivity contribution in [2.24, 2.45) is 0 Å². The minimum absolute atomic E-state index is 0.169. The van der Waals surface area contributed by atoms with Crippen LogP contribution in [-0.4, -0.2) is 34.0 Å². The van der Waals surface area contributed by atoms with E-state index >= 15 is 0 Å². The van der Waals surface area contributed by atoms with Gasteiger partial charge in [-0.3, -0.25) is 9.10 Å². The Bertz CT molecular complexity index is 1510. The molecular weight excluding hydrogens is 482 g/mol. The number of nitrogens with zero attached hydrogens (tertiary/aromatic N) is 2. The van der Waals surface area contributed by atoms with Gasteiger partial charge in [0.05, 0.1) is 10.6 Å². The molecule has 0 saturated heterocycles. The molecule has 0 unspecified atom stereocenters. The van der Waals surface area contributed by atoms with Crippen LogP contribution in [0.15, 0.2) is 89.8 Å². The summed E-state index contributed by atoms with van der Waals surface area (Å²) >= 11 is 0. The molecule has 0 bridgehead atoms. The first kappa shape index (κ1) is 26.2. The highest BCUT2D eigenvalue weighted by Crippen LogP contribution is 2.32. The van der Waals surface area contributed by atoms with Crippen molar-refractivity contribution >= 4 is 43.8 Å². The van der Waals surface area contributed by atoms with E-state index in [0.717, 1.165) is 35.3 Å². The third-order valence-electron chi connectivity index (χ3n) is 6.73. The van der Waals surface area contributed by atoms with Crippen molar-refractivity contribution in [3.05, 3.63) is 96.1 Å². The van der Waals surface area contributed by atoms with E-state index in [1.165, 1.54) is 4.31 Å². The maximum Gasteiger partial charge on any atom is 0.265 e. The van der Waals surface area contributed by atoms with Crippen LogP contribution in [0, 0.1) is 13.8 Å². The van der Waals surface area contributed by atoms with Crippen LogP contribution in [0.25, 0.3) is 10.8 Å². The first-order chi connectivity index (χ1) is 17.8. The smallest absolute Gasteiger partial charge is 0.265 e. The molecule has 0 saturated carbocycles. The third kappa shape index (κ3) is 5.47. The van der Waals surface area contributed by atoms with E-state index in [2.05, 4.69) is 24.1 Å². The number of rotatable bonds is 9. The molecule has 0 aliphatic rings. The van der Waals surface area contributed by atoms with Crippen LogP contribution in [0.2, 0.25) is 0 Å². The average Bonchev–Trinajstić information content (AvgIpc) is 2.90. The molecule has 0 heterocycles. The summed E-state index contributed by atoms with van der Waals surface area (Å²) in [6.07, 6.45) is 0. The highest BCUT2D eigenvalue weighted by atomic mass is 32.2. The Morgan fingerprint density at radius 2 is 1.46 bits per heavy atom. The molecule has 0 fully saturated rings. The lowest BCUT2D eigenvalue weighted by atomic mass is 10.1.